The maximum Gasteiger partial charge on any atom is 0.246 e. The van der Waals surface area contributed by atoms with Crippen LogP contribution in [-0.2, 0) is 27.3 Å². The lowest BCUT2D eigenvalue weighted by molar-refractivity contribution is -0.129. The van der Waals surface area contributed by atoms with Crippen molar-refractivity contribution in [2.75, 3.05) is 41.0 Å². The molecule has 1 aliphatic heterocycles. The number of carbonyl (C=O) groups excluding carboxylic acids is 2. The molecule has 1 unspecified atom stereocenters. The molecule has 0 saturated heterocycles. The van der Waals surface area contributed by atoms with Gasteiger partial charge in [0.05, 0.1) is 42.6 Å². The standard InChI is InChI=1S/C36H35F2N5O4S/c1-6-30(44)42-12-13-43-28(21(42)2)20-27(40-43)35-33(32-26(38)18-24(37)19-29(32)47-15-14-46-5)36-25(11-16-48-36)34(39-35)23-9-7-22(8-10-23)17-31(45)41(3)4/h6-11,16,18-21H,1,12-15,17H2,2-5H3. The van der Waals surface area contributed by atoms with Gasteiger partial charge in [0.1, 0.15) is 35.4 Å². The lowest BCUT2D eigenvalue weighted by Crippen LogP contribution is -2.40. The lowest BCUT2D eigenvalue weighted by Gasteiger charge is -2.33. The molecular formula is C36H35F2N5O4S. The molecule has 0 saturated carbocycles. The van der Waals surface area contributed by atoms with E-state index in [1.807, 2.05) is 53.4 Å². The van der Waals surface area contributed by atoms with Crippen LogP contribution in [0.4, 0.5) is 8.78 Å². The lowest BCUT2D eigenvalue weighted by atomic mass is 9.96. The van der Waals surface area contributed by atoms with E-state index < -0.39 is 11.6 Å². The molecule has 1 atom stereocenters. The number of rotatable bonds is 10. The van der Waals surface area contributed by atoms with Gasteiger partial charge >= 0.3 is 0 Å². The molecule has 0 aliphatic carbocycles. The number of methoxy groups -OCH3 is 1. The number of pyridine rings is 1. The second-order valence-corrected chi connectivity index (χ2v) is 12.6. The number of aromatic nitrogens is 3. The summed E-state index contributed by atoms with van der Waals surface area (Å²) in [7, 11) is 4.96. The highest BCUT2D eigenvalue weighted by Crippen LogP contribution is 2.47. The minimum absolute atomic E-state index is 0.0103. The third kappa shape index (κ3) is 6.20. The van der Waals surface area contributed by atoms with Crippen LogP contribution in [0.25, 0.3) is 43.9 Å². The van der Waals surface area contributed by atoms with E-state index in [0.717, 1.165) is 34.3 Å². The molecule has 0 spiro atoms. The van der Waals surface area contributed by atoms with Gasteiger partial charge in [0, 0.05) is 61.1 Å². The number of hydrogen-bond donors (Lipinski definition) is 0. The largest absolute Gasteiger partial charge is 0.490 e. The van der Waals surface area contributed by atoms with Crippen molar-refractivity contribution in [3.05, 3.63) is 89.5 Å². The average molecular weight is 672 g/mol. The monoisotopic (exact) mass is 671 g/mol. The molecule has 2 amide bonds. The van der Waals surface area contributed by atoms with Crippen molar-refractivity contribution in [1.29, 1.82) is 0 Å². The van der Waals surface area contributed by atoms with E-state index in [0.29, 0.717) is 40.4 Å². The van der Waals surface area contributed by atoms with Crippen LogP contribution >= 0.6 is 11.3 Å². The molecule has 0 bridgehead atoms. The van der Waals surface area contributed by atoms with Crippen LogP contribution < -0.4 is 4.74 Å². The third-order valence-corrected chi connectivity index (χ3v) is 9.39. The summed E-state index contributed by atoms with van der Waals surface area (Å²) in [6, 6.07) is 13.1. The zero-order valence-electron chi connectivity index (χ0n) is 27.1. The number of thiophene rings is 1. The van der Waals surface area contributed by atoms with Gasteiger partial charge in [-0.05, 0) is 36.1 Å². The van der Waals surface area contributed by atoms with E-state index in [9.17, 15) is 14.0 Å². The van der Waals surface area contributed by atoms with Crippen LogP contribution in [0, 0.1) is 11.6 Å². The van der Waals surface area contributed by atoms with Gasteiger partial charge in [0.2, 0.25) is 11.8 Å². The second kappa shape index (κ2) is 13.7. The van der Waals surface area contributed by atoms with Crippen molar-refractivity contribution < 1.29 is 27.8 Å². The number of carbonyl (C=O) groups is 2. The molecule has 1 aliphatic rings. The maximum absolute atomic E-state index is 16.0. The van der Waals surface area contributed by atoms with Gasteiger partial charge in [-0.2, -0.15) is 5.10 Å². The fourth-order valence-electron chi connectivity index (χ4n) is 5.95. The highest BCUT2D eigenvalue weighted by atomic mass is 32.1. The van der Waals surface area contributed by atoms with Gasteiger partial charge in [-0.25, -0.2) is 13.8 Å². The van der Waals surface area contributed by atoms with E-state index in [4.69, 9.17) is 19.6 Å². The number of amides is 2. The van der Waals surface area contributed by atoms with Crippen LogP contribution in [0.5, 0.6) is 5.75 Å². The summed E-state index contributed by atoms with van der Waals surface area (Å²) in [5.74, 6) is -1.75. The summed E-state index contributed by atoms with van der Waals surface area (Å²) in [6.45, 7) is 6.75. The van der Waals surface area contributed by atoms with Gasteiger partial charge in [-0.15, -0.1) is 11.3 Å². The number of benzene rings is 2. The van der Waals surface area contributed by atoms with Gasteiger partial charge in [0.15, 0.2) is 0 Å². The van der Waals surface area contributed by atoms with Crippen molar-refractivity contribution in [1.82, 2.24) is 24.6 Å². The summed E-state index contributed by atoms with van der Waals surface area (Å²) in [5.41, 5.74) is 4.42. The normalized spacial score (nSPS) is 14.2. The molecule has 5 aromatic rings. The highest BCUT2D eigenvalue weighted by molar-refractivity contribution is 7.18. The Morgan fingerprint density at radius 1 is 1.06 bits per heavy atom. The number of fused-ring (bicyclic) bond motifs is 2. The molecule has 0 radical (unpaired) electrons. The van der Waals surface area contributed by atoms with Crippen molar-refractivity contribution in [3.63, 3.8) is 0 Å². The SMILES string of the molecule is C=CC(=O)N1CCn2nc(-c3nc(-c4ccc(CC(=O)N(C)C)cc4)c4ccsc4c3-c3c(F)cc(F)cc3OCCOC)cc2C1C. The Labute approximate surface area is 281 Å². The summed E-state index contributed by atoms with van der Waals surface area (Å²) in [4.78, 5) is 33.4. The predicted octanol–water partition coefficient (Wildman–Crippen LogP) is 6.52. The first-order valence-electron chi connectivity index (χ1n) is 15.4. The van der Waals surface area contributed by atoms with E-state index in [1.54, 1.807) is 23.9 Å². The van der Waals surface area contributed by atoms with E-state index in [2.05, 4.69) is 6.58 Å². The van der Waals surface area contributed by atoms with Gasteiger partial charge in [-0.1, -0.05) is 30.8 Å². The Morgan fingerprint density at radius 3 is 2.54 bits per heavy atom. The van der Waals surface area contributed by atoms with Crippen molar-refractivity contribution in [3.8, 4) is 39.5 Å². The smallest absolute Gasteiger partial charge is 0.246 e. The molecule has 48 heavy (non-hydrogen) atoms. The predicted molar refractivity (Wildman–Crippen MR) is 182 cm³/mol. The van der Waals surface area contributed by atoms with E-state index in [1.165, 1.54) is 24.5 Å². The molecule has 3 aromatic heterocycles. The minimum Gasteiger partial charge on any atom is -0.490 e. The number of halogens is 2. The molecule has 9 nitrogen and oxygen atoms in total. The Hall–Kier alpha value is -4.94. The Morgan fingerprint density at radius 2 is 1.83 bits per heavy atom. The number of likely N-dealkylation sites (N-methyl/N-ethyl adjacent to an activating group) is 1. The quantitative estimate of drug-likeness (QED) is 0.124. The summed E-state index contributed by atoms with van der Waals surface area (Å²) in [6.07, 6.45) is 1.56. The van der Waals surface area contributed by atoms with E-state index in [-0.39, 0.29) is 48.8 Å². The fraction of sp³-hybridized carbons (Fsp3) is 0.278. The Kier molecular flexibility index (Phi) is 9.38. The summed E-state index contributed by atoms with van der Waals surface area (Å²) in [5, 5.41) is 7.58. The Bertz CT molecular complexity index is 2020. The zero-order valence-corrected chi connectivity index (χ0v) is 27.9. The van der Waals surface area contributed by atoms with Crippen LogP contribution in [0.2, 0.25) is 0 Å². The van der Waals surface area contributed by atoms with Crippen molar-refractivity contribution >= 4 is 33.2 Å². The van der Waals surface area contributed by atoms with Crippen LogP contribution in [0.3, 0.4) is 0 Å². The van der Waals surface area contributed by atoms with Gasteiger partial charge in [0.25, 0.3) is 0 Å². The first-order chi connectivity index (χ1) is 23.1. The molecular weight excluding hydrogens is 636 g/mol. The third-order valence-electron chi connectivity index (χ3n) is 8.46. The molecule has 248 valence electrons. The molecule has 6 rings (SSSR count). The molecule has 0 fully saturated rings. The van der Waals surface area contributed by atoms with Crippen molar-refractivity contribution in [2.45, 2.75) is 25.9 Å². The zero-order chi connectivity index (χ0) is 34.1. The fourth-order valence-corrected chi connectivity index (χ4v) is 6.90. The molecule has 0 N–H and O–H groups in total. The molecule has 2 aromatic carbocycles. The number of ether oxygens (including phenoxy) is 2. The first-order valence-corrected chi connectivity index (χ1v) is 16.3. The summed E-state index contributed by atoms with van der Waals surface area (Å²) >= 11 is 1.40. The molecule has 12 heteroatoms. The molecule has 4 heterocycles. The summed E-state index contributed by atoms with van der Waals surface area (Å²) < 4.78 is 44.3. The van der Waals surface area contributed by atoms with Crippen LogP contribution in [0.15, 0.2) is 66.6 Å². The Balaban J connectivity index is 1.58. The number of nitrogens with zero attached hydrogens (tertiary/aromatic N) is 5. The van der Waals surface area contributed by atoms with Crippen molar-refractivity contribution in [2.24, 2.45) is 0 Å². The highest BCUT2D eigenvalue weighted by Gasteiger charge is 2.31. The first kappa shape index (κ1) is 33.0. The van der Waals surface area contributed by atoms with Gasteiger partial charge < -0.3 is 19.3 Å². The van der Waals surface area contributed by atoms with E-state index >= 15 is 4.39 Å². The van der Waals surface area contributed by atoms with Crippen LogP contribution in [0.1, 0.15) is 24.2 Å². The maximum atomic E-state index is 16.0. The minimum atomic E-state index is -0.803. The average Bonchev–Trinajstić information content (AvgIpc) is 3.73. The second-order valence-electron chi connectivity index (χ2n) is 11.7. The van der Waals surface area contributed by atoms with Gasteiger partial charge in [-0.3, -0.25) is 14.3 Å². The topological polar surface area (TPSA) is 89.8 Å². The number of hydrogen-bond acceptors (Lipinski definition) is 7. The van der Waals surface area contributed by atoms with Crippen LogP contribution in [-0.4, -0.2) is 77.3 Å².